The number of nitrogens with zero attached hydrogens (tertiary/aromatic N) is 2. The van der Waals surface area contributed by atoms with Gasteiger partial charge in [0.15, 0.2) is 5.13 Å². The van der Waals surface area contributed by atoms with E-state index in [9.17, 15) is 4.79 Å². The van der Waals surface area contributed by atoms with E-state index in [0.29, 0.717) is 0 Å². The number of amides is 1. The Labute approximate surface area is 181 Å². The predicted octanol–water partition coefficient (Wildman–Crippen LogP) is 4.69. The number of aromatic nitrogens is 1. The van der Waals surface area contributed by atoms with E-state index in [-0.39, 0.29) is 30.7 Å². The van der Waals surface area contributed by atoms with E-state index in [1.165, 1.54) is 12.8 Å². The van der Waals surface area contributed by atoms with Crippen molar-refractivity contribution in [2.24, 2.45) is 5.73 Å². The molecule has 1 aliphatic rings. The Morgan fingerprint density at radius 1 is 1.14 bits per heavy atom. The highest BCUT2D eigenvalue weighted by molar-refractivity contribution is 7.22. The Balaban J connectivity index is 0.00000140. The molecule has 1 unspecified atom stereocenters. The van der Waals surface area contributed by atoms with E-state index in [4.69, 9.17) is 10.7 Å². The lowest BCUT2D eigenvalue weighted by molar-refractivity contribution is -0.117. The zero-order valence-electron chi connectivity index (χ0n) is 15.6. The minimum Gasteiger partial charge on any atom is -0.348 e. The molecule has 28 heavy (non-hydrogen) atoms. The molecule has 0 radical (unpaired) electrons. The van der Waals surface area contributed by atoms with Gasteiger partial charge < -0.3 is 16.0 Å². The topological polar surface area (TPSA) is 71.2 Å². The van der Waals surface area contributed by atoms with E-state index in [0.717, 1.165) is 45.3 Å². The van der Waals surface area contributed by atoms with E-state index >= 15 is 0 Å². The van der Waals surface area contributed by atoms with Crippen LogP contribution < -0.4 is 16.0 Å². The molecule has 150 valence electrons. The highest BCUT2D eigenvalue weighted by Gasteiger charge is 2.18. The number of fused-ring (bicyclic) bond motifs is 1. The number of hydrogen-bond acceptors (Lipinski definition) is 5. The number of aryl methyl sites for hydroxylation is 1. The molecule has 0 aliphatic carbocycles. The Morgan fingerprint density at radius 3 is 2.50 bits per heavy atom. The molecule has 4 rings (SSSR count). The van der Waals surface area contributed by atoms with Crippen LogP contribution >= 0.6 is 36.2 Å². The second kappa shape index (κ2) is 9.56. The first-order valence-electron chi connectivity index (χ1n) is 8.89. The van der Waals surface area contributed by atoms with Gasteiger partial charge in [0.1, 0.15) is 6.04 Å². The fourth-order valence-electron chi connectivity index (χ4n) is 3.18. The van der Waals surface area contributed by atoms with E-state index in [1.807, 2.05) is 49.4 Å². The molecule has 1 aliphatic heterocycles. The summed E-state index contributed by atoms with van der Waals surface area (Å²) in [5, 5.41) is 3.99. The predicted molar refractivity (Wildman–Crippen MR) is 122 cm³/mol. The lowest BCUT2D eigenvalue weighted by Crippen LogP contribution is -2.27. The SMILES string of the molecule is Cc1ccc(C(N)C(=O)Nc2ccc3nc(N4CCCC4)sc3c2)cc1.Cl.Cl. The van der Waals surface area contributed by atoms with Crippen LogP contribution in [0.3, 0.4) is 0 Å². The van der Waals surface area contributed by atoms with Crippen molar-refractivity contribution in [3.8, 4) is 0 Å². The summed E-state index contributed by atoms with van der Waals surface area (Å²) in [4.78, 5) is 19.5. The zero-order valence-corrected chi connectivity index (χ0v) is 18.0. The maximum absolute atomic E-state index is 12.5. The third-order valence-corrected chi connectivity index (χ3v) is 5.82. The molecule has 1 fully saturated rings. The van der Waals surface area contributed by atoms with Crippen molar-refractivity contribution in [1.82, 2.24) is 4.98 Å². The molecule has 0 spiro atoms. The van der Waals surface area contributed by atoms with E-state index < -0.39 is 6.04 Å². The number of halogens is 2. The third-order valence-electron chi connectivity index (χ3n) is 4.74. The van der Waals surface area contributed by atoms with E-state index in [1.54, 1.807) is 11.3 Å². The standard InChI is InChI=1S/C20H22N4OS.2ClH/c1-13-4-6-14(7-5-13)18(21)19(25)22-15-8-9-16-17(12-15)26-20(23-16)24-10-2-3-11-24;;/h4-9,12,18H,2-3,10-11,21H2,1H3,(H,22,25);2*1H. The smallest absolute Gasteiger partial charge is 0.245 e. The molecule has 0 bridgehead atoms. The van der Waals surface area contributed by atoms with Gasteiger partial charge >= 0.3 is 0 Å². The van der Waals surface area contributed by atoms with Crippen LogP contribution in [0, 0.1) is 6.92 Å². The summed E-state index contributed by atoms with van der Waals surface area (Å²) in [6, 6.07) is 12.9. The fraction of sp³-hybridized carbons (Fsp3) is 0.300. The van der Waals surface area contributed by atoms with Crippen LogP contribution in [0.5, 0.6) is 0 Å². The van der Waals surface area contributed by atoms with Gasteiger partial charge in [0.2, 0.25) is 5.91 Å². The Hall–Kier alpha value is -1.86. The summed E-state index contributed by atoms with van der Waals surface area (Å²) in [6.45, 7) is 4.17. The van der Waals surface area contributed by atoms with Crippen molar-refractivity contribution in [2.75, 3.05) is 23.3 Å². The van der Waals surface area contributed by atoms with Gasteiger partial charge in [-0.2, -0.15) is 0 Å². The van der Waals surface area contributed by atoms with Gasteiger partial charge in [-0.1, -0.05) is 41.2 Å². The number of benzene rings is 2. The maximum atomic E-state index is 12.5. The van der Waals surface area contributed by atoms with Crippen molar-refractivity contribution in [2.45, 2.75) is 25.8 Å². The minimum atomic E-state index is -0.687. The van der Waals surface area contributed by atoms with Crippen LogP contribution in [-0.4, -0.2) is 24.0 Å². The van der Waals surface area contributed by atoms with Crippen molar-refractivity contribution < 1.29 is 4.79 Å². The molecule has 3 aromatic rings. The molecular formula is C20H24Cl2N4OS. The van der Waals surface area contributed by atoms with Crippen LogP contribution in [0.2, 0.25) is 0 Å². The second-order valence-corrected chi connectivity index (χ2v) is 7.76. The average molecular weight is 439 g/mol. The number of carbonyl (C=O) groups excluding carboxylic acids is 1. The van der Waals surface area contributed by atoms with Crippen LogP contribution in [0.25, 0.3) is 10.2 Å². The molecule has 1 amide bonds. The first-order chi connectivity index (χ1) is 12.6. The van der Waals surface area contributed by atoms with Gasteiger partial charge in [-0.25, -0.2) is 4.98 Å². The monoisotopic (exact) mass is 438 g/mol. The van der Waals surface area contributed by atoms with Crippen LogP contribution in [0.4, 0.5) is 10.8 Å². The van der Waals surface area contributed by atoms with E-state index in [2.05, 4.69) is 10.2 Å². The molecule has 2 heterocycles. The van der Waals surface area contributed by atoms with Crippen molar-refractivity contribution in [3.05, 3.63) is 53.6 Å². The summed E-state index contributed by atoms with van der Waals surface area (Å²) < 4.78 is 1.08. The Kier molecular flexibility index (Phi) is 7.66. The number of nitrogens with one attached hydrogen (secondary N) is 1. The number of thiazole rings is 1. The second-order valence-electron chi connectivity index (χ2n) is 6.75. The van der Waals surface area contributed by atoms with Gasteiger partial charge in [0.05, 0.1) is 10.2 Å². The third kappa shape index (κ3) is 4.75. The molecule has 1 atom stereocenters. The Morgan fingerprint density at radius 2 is 1.82 bits per heavy atom. The first-order valence-corrected chi connectivity index (χ1v) is 9.70. The number of anilines is 2. The molecule has 1 saturated heterocycles. The maximum Gasteiger partial charge on any atom is 0.245 e. The molecular weight excluding hydrogens is 415 g/mol. The molecule has 2 aromatic carbocycles. The quantitative estimate of drug-likeness (QED) is 0.619. The highest BCUT2D eigenvalue weighted by Crippen LogP contribution is 2.32. The van der Waals surface area contributed by atoms with Gasteiger partial charge in [0, 0.05) is 18.8 Å². The molecule has 5 nitrogen and oxygen atoms in total. The van der Waals surface area contributed by atoms with Crippen molar-refractivity contribution in [1.29, 1.82) is 0 Å². The van der Waals surface area contributed by atoms with Gasteiger partial charge in [-0.05, 0) is 43.5 Å². The lowest BCUT2D eigenvalue weighted by atomic mass is 10.1. The molecule has 8 heteroatoms. The first kappa shape index (κ1) is 22.4. The molecule has 0 saturated carbocycles. The average Bonchev–Trinajstić information content (AvgIpc) is 3.30. The summed E-state index contributed by atoms with van der Waals surface area (Å²) in [5.41, 5.74) is 9.78. The van der Waals surface area contributed by atoms with Crippen molar-refractivity contribution in [3.63, 3.8) is 0 Å². The largest absolute Gasteiger partial charge is 0.348 e. The number of carbonyl (C=O) groups is 1. The van der Waals surface area contributed by atoms with Gasteiger partial charge in [-0.3, -0.25) is 4.79 Å². The number of nitrogens with two attached hydrogens (primary N) is 1. The minimum absolute atomic E-state index is 0. The molecule has 3 N–H and O–H groups in total. The number of hydrogen-bond donors (Lipinski definition) is 2. The summed E-state index contributed by atoms with van der Waals surface area (Å²) in [7, 11) is 0. The summed E-state index contributed by atoms with van der Waals surface area (Å²) in [6.07, 6.45) is 2.46. The molecule has 1 aromatic heterocycles. The van der Waals surface area contributed by atoms with Crippen LogP contribution in [0.1, 0.15) is 30.0 Å². The zero-order chi connectivity index (χ0) is 18.1. The summed E-state index contributed by atoms with van der Waals surface area (Å²) >= 11 is 1.67. The lowest BCUT2D eigenvalue weighted by Gasteiger charge is -2.13. The Bertz CT molecular complexity index is 939. The fourth-order valence-corrected chi connectivity index (χ4v) is 4.24. The number of rotatable bonds is 4. The van der Waals surface area contributed by atoms with Crippen LogP contribution in [-0.2, 0) is 4.79 Å². The van der Waals surface area contributed by atoms with Gasteiger partial charge in [0.25, 0.3) is 0 Å². The summed E-state index contributed by atoms with van der Waals surface area (Å²) in [5.74, 6) is -0.211. The van der Waals surface area contributed by atoms with Gasteiger partial charge in [-0.15, -0.1) is 24.8 Å². The van der Waals surface area contributed by atoms with Crippen molar-refractivity contribution >= 4 is 63.1 Å². The normalized spacial score (nSPS) is 14.3. The van der Waals surface area contributed by atoms with Crippen LogP contribution in [0.15, 0.2) is 42.5 Å². The highest BCUT2D eigenvalue weighted by atomic mass is 35.5.